The van der Waals surface area contributed by atoms with E-state index >= 15 is 0 Å². The first kappa shape index (κ1) is 14.9. The topological polar surface area (TPSA) is 26.0 Å². The fraction of sp³-hybridized carbons (Fsp3) is 0.200. The van der Waals surface area contributed by atoms with E-state index < -0.39 is 0 Å². The number of hydrogen-bond acceptors (Lipinski definition) is 2. The van der Waals surface area contributed by atoms with Gasteiger partial charge in [0.1, 0.15) is 0 Å². The van der Waals surface area contributed by atoms with Crippen LogP contribution in [0.1, 0.15) is 12.5 Å². The molecule has 0 spiro atoms. The molecule has 1 nitrogen and oxygen atoms in total. The van der Waals surface area contributed by atoms with Crippen molar-refractivity contribution in [3.63, 3.8) is 0 Å². The van der Waals surface area contributed by atoms with E-state index in [0.717, 1.165) is 26.4 Å². The predicted molar refractivity (Wildman–Crippen MR) is 87.1 cm³/mol. The highest BCUT2D eigenvalue weighted by atomic mass is 79.9. The van der Waals surface area contributed by atoms with Crippen molar-refractivity contribution in [2.75, 3.05) is 0 Å². The molecule has 100 valence electrons. The van der Waals surface area contributed by atoms with Gasteiger partial charge in [-0.1, -0.05) is 45.4 Å². The van der Waals surface area contributed by atoms with E-state index in [4.69, 9.17) is 17.3 Å². The second-order valence-corrected chi connectivity index (χ2v) is 6.96. The van der Waals surface area contributed by atoms with E-state index in [9.17, 15) is 0 Å². The zero-order chi connectivity index (χ0) is 13.8. The van der Waals surface area contributed by atoms with Crippen molar-refractivity contribution in [1.82, 2.24) is 0 Å². The average molecular weight is 357 g/mol. The minimum atomic E-state index is 0.127. The van der Waals surface area contributed by atoms with Gasteiger partial charge >= 0.3 is 0 Å². The van der Waals surface area contributed by atoms with Gasteiger partial charge in [-0.15, -0.1) is 0 Å². The summed E-state index contributed by atoms with van der Waals surface area (Å²) in [5, 5.41) is 0.791. The van der Waals surface area contributed by atoms with Crippen LogP contribution in [0.15, 0.2) is 56.7 Å². The quantitative estimate of drug-likeness (QED) is 0.820. The van der Waals surface area contributed by atoms with E-state index in [1.165, 1.54) is 4.90 Å². The molecular formula is C15H15BrClNS. The Balaban J connectivity index is 2.13. The van der Waals surface area contributed by atoms with E-state index in [0.29, 0.717) is 0 Å². The van der Waals surface area contributed by atoms with E-state index in [-0.39, 0.29) is 6.04 Å². The van der Waals surface area contributed by atoms with Gasteiger partial charge in [-0.05, 0) is 55.3 Å². The van der Waals surface area contributed by atoms with Crippen molar-refractivity contribution in [1.29, 1.82) is 0 Å². The summed E-state index contributed by atoms with van der Waals surface area (Å²) in [6.07, 6.45) is 0.808. The van der Waals surface area contributed by atoms with E-state index in [1.54, 1.807) is 11.8 Å². The van der Waals surface area contributed by atoms with Crippen LogP contribution in [0.25, 0.3) is 0 Å². The first-order chi connectivity index (χ1) is 9.04. The first-order valence-corrected chi connectivity index (χ1v) is 8.01. The predicted octanol–water partition coefficient (Wildman–Crippen LogP) is 5.14. The van der Waals surface area contributed by atoms with Crippen LogP contribution < -0.4 is 5.73 Å². The van der Waals surface area contributed by atoms with Gasteiger partial charge in [-0.2, -0.15) is 0 Å². The third kappa shape index (κ3) is 4.53. The zero-order valence-corrected chi connectivity index (χ0v) is 13.7. The minimum absolute atomic E-state index is 0.127. The number of rotatable bonds is 4. The number of benzene rings is 2. The molecule has 0 radical (unpaired) electrons. The minimum Gasteiger partial charge on any atom is -0.328 e. The Labute approximate surface area is 131 Å². The first-order valence-electron chi connectivity index (χ1n) is 6.02. The summed E-state index contributed by atoms with van der Waals surface area (Å²) in [6.45, 7) is 1.99. The Morgan fingerprint density at radius 3 is 2.37 bits per heavy atom. The summed E-state index contributed by atoms with van der Waals surface area (Å²) in [6, 6.07) is 14.5. The molecule has 2 rings (SSSR count). The lowest BCUT2D eigenvalue weighted by Gasteiger charge is -2.09. The van der Waals surface area contributed by atoms with Crippen LogP contribution in [0.3, 0.4) is 0 Å². The zero-order valence-electron chi connectivity index (χ0n) is 10.6. The maximum atomic E-state index is 6.29. The fourth-order valence-electron chi connectivity index (χ4n) is 1.74. The molecule has 2 aromatic carbocycles. The lowest BCUT2D eigenvalue weighted by Crippen LogP contribution is -2.17. The third-order valence-corrected chi connectivity index (χ3v) is 4.49. The molecule has 19 heavy (non-hydrogen) atoms. The Kier molecular flexibility index (Phi) is 5.34. The molecule has 0 aliphatic heterocycles. The van der Waals surface area contributed by atoms with Crippen molar-refractivity contribution in [3.05, 3.63) is 57.5 Å². The highest BCUT2D eigenvalue weighted by Crippen LogP contribution is 2.31. The summed E-state index contributed by atoms with van der Waals surface area (Å²) in [7, 11) is 0. The second-order valence-electron chi connectivity index (χ2n) is 4.49. The molecular weight excluding hydrogens is 342 g/mol. The molecule has 0 saturated carbocycles. The molecule has 0 aliphatic carbocycles. The highest BCUT2D eigenvalue weighted by Gasteiger charge is 2.05. The molecule has 0 aliphatic rings. The van der Waals surface area contributed by atoms with E-state index in [2.05, 4.69) is 40.2 Å². The van der Waals surface area contributed by atoms with Gasteiger partial charge in [0.25, 0.3) is 0 Å². The van der Waals surface area contributed by atoms with Crippen molar-refractivity contribution in [3.8, 4) is 0 Å². The van der Waals surface area contributed by atoms with Crippen LogP contribution in [-0.2, 0) is 6.42 Å². The molecule has 0 heterocycles. The summed E-state index contributed by atoms with van der Waals surface area (Å²) in [4.78, 5) is 2.33. The maximum absolute atomic E-state index is 6.29. The highest BCUT2D eigenvalue weighted by molar-refractivity contribution is 9.10. The monoisotopic (exact) mass is 355 g/mol. The van der Waals surface area contributed by atoms with Crippen LogP contribution in [0.4, 0.5) is 0 Å². The Morgan fingerprint density at radius 2 is 1.79 bits per heavy atom. The maximum Gasteiger partial charge on any atom is 0.0449 e. The van der Waals surface area contributed by atoms with Gasteiger partial charge < -0.3 is 5.73 Å². The van der Waals surface area contributed by atoms with Crippen molar-refractivity contribution < 1.29 is 0 Å². The average Bonchev–Trinajstić information content (AvgIpc) is 2.35. The third-order valence-electron chi connectivity index (χ3n) is 2.62. The summed E-state index contributed by atoms with van der Waals surface area (Å²) < 4.78 is 1.09. The SMILES string of the molecule is CC(N)Cc1ccc(Sc2ccc(Br)cc2)cc1Cl. The van der Waals surface area contributed by atoms with Gasteiger partial charge in [-0.25, -0.2) is 0 Å². The van der Waals surface area contributed by atoms with Crippen LogP contribution in [0.2, 0.25) is 5.02 Å². The van der Waals surface area contributed by atoms with Crippen molar-refractivity contribution >= 4 is 39.3 Å². The molecule has 2 aromatic rings. The molecule has 0 bridgehead atoms. The fourth-order valence-corrected chi connectivity index (χ4v) is 3.19. The molecule has 0 aromatic heterocycles. The van der Waals surface area contributed by atoms with Crippen molar-refractivity contribution in [2.24, 2.45) is 5.73 Å². The molecule has 0 amide bonds. The van der Waals surface area contributed by atoms with Crippen LogP contribution >= 0.6 is 39.3 Å². The lowest BCUT2D eigenvalue weighted by molar-refractivity contribution is 0.738. The standard InChI is InChI=1S/C15H15BrClNS/c1-10(18)8-11-2-5-14(9-15(11)17)19-13-6-3-12(16)4-7-13/h2-7,9-10H,8,18H2,1H3. The lowest BCUT2D eigenvalue weighted by atomic mass is 10.1. The Bertz CT molecular complexity index is 555. The van der Waals surface area contributed by atoms with Gasteiger partial charge in [0.2, 0.25) is 0 Å². The molecule has 0 fully saturated rings. The van der Waals surface area contributed by atoms with E-state index in [1.807, 2.05) is 25.1 Å². The molecule has 1 unspecified atom stereocenters. The van der Waals surface area contributed by atoms with Gasteiger partial charge in [0.15, 0.2) is 0 Å². The van der Waals surface area contributed by atoms with Gasteiger partial charge in [0, 0.05) is 25.3 Å². The summed E-state index contributed by atoms with van der Waals surface area (Å²) in [5.41, 5.74) is 6.91. The Hall–Kier alpha value is -0.480. The number of halogens is 2. The van der Waals surface area contributed by atoms with Crippen LogP contribution in [-0.4, -0.2) is 6.04 Å². The summed E-state index contributed by atoms with van der Waals surface area (Å²) >= 11 is 11.4. The molecule has 4 heteroatoms. The largest absolute Gasteiger partial charge is 0.328 e. The smallest absolute Gasteiger partial charge is 0.0449 e. The summed E-state index contributed by atoms with van der Waals surface area (Å²) in [5.74, 6) is 0. The number of nitrogens with two attached hydrogens (primary N) is 1. The molecule has 2 N–H and O–H groups in total. The van der Waals surface area contributed by atoms with Crippen LogP contribution in [0.5, 0.6) is 0 Å². The van der Waals surface area contributed by atoms with Crippen molar-refractivity contribution in [2.45, 2.75) is 29.2 Å². The molecule has 0 saturated heterocycles. The van der Waals surface area contributed by atoms with Gasteiger partial charge in [-0.3, -0.25) is 0 Å². The second kappa shape index (κ2) is 6.80. The molecule has 1 atom stereocenters. The Morgan fingerprint density at radius 1 is 1.16 bits per heavy atom. The van der Waals surface area contributed by atoms with Crippen LogP contribution in [0, 0.1) is 0 Å². The van der Waals surface area contributed by atoms with Gasteiger partial charge in [0.05, 0.1) is 0 Å². The number of hydrogen-bond donors (Lipinski definition) is 1. The normalized spacial score (nSPS) is 12.4.